The van der Waals surface area contributed by atoms with E-state index in [0.29, 0.717) is 50.0 Å². The van der Waals surface area contributed by atoms with Gasteiger partial charge < -0.3 is 26.6 Å². The van der Waals surface area contributed by atoms with E-state index in [4.69, 9.17) is 5.73 Å². The number of rotatable bonds is 21. The van der Waals surface area contributed by atoms with Crippen LogP contribution in [-0.4, -0.2) is 59.7 Å². The van der Waals surface area contributed by atoms with Crippen molar-refractivity contribution in [3.8, 4) is 0 Å². The number of carbonyl (C=O) groups excluding carboxylic acids is 4. The third-order valence-corrected chi connectivity index (χ3v) is 9.89. The molecule has 0 saturated carbocycles. The molecule has 4 amide bonds. The van der Waals surface area contributed by atoms with Crippen LogP contribution in [0.2, 0.25) is 0 Å². The molecule has 0 aromatic heterocycles. The molecule has 9 nitrogen and oxygen atoms in total. The van der Waals surface area contributed by atoms with Crippen molar-refractivity contribution in [3.63, 3.8) is 0 Å². The van der Waals surface area contributed by atoms with Gasteiger partial charge in [0.25, 0.3) is 11.8 Å². The lowest BCUT2D eigenvalue weighted by Gasteiger charge is -2.30. The lowest BCUT2D eigenvalue weighted by Crippen LogP contribution is -2.53. The molecule has 9 heteroatoms. The number of nitrogens with zero attached hydrogens (tertiary/aromatic N) is 1. The van der Waals surface area contributed by atoms with E-state index in [1.165, 1.54) is 0 Å². The van der Waals surface area contributed by atoms with E-state index in [9.17, 15) is 19.2 Å². The van der Waals surface area contributed by atoms with Gasteiger partial charge in [-0.25, -0.2) is 0 Å². The molecule has 0 aliphatic heterocycles. The Hall–Kier alpha value is -5.28. The SMILES string of the molecule is CCCN(CCC)C(=O)c1cccc(C(=O)N[C@@H](Cc2ccccc2)[C@@H](N)C[C@@H](CCc2ccccc2)C(=O)N[C@H](C(=O)NCc2ccccc2)C(C)C)c1. The van der Waals surface area contributed by atoms with Gasteiger partial charge in [-0.3, -0.25) is 19.2 Å². The van der Waals surface area contributed by atoms with Crippen LogP contribution in [0.25, 0.3) is 0 Å². The number of aryl methyl sites for hydroxylation is 1. The Kier molecular flexibility index (Phi) is 17.1. The van der Waals surface area contributed by atoms with E-state index >= 15 is 0 Å². The van der Waals surface area contributed by atoms with Crippen molar-refractivity contribution < 1.29 is 19.2 Å². The van der Waals surface area contributed by atoms with Crippen molar-refractivity contribution in [1.82, 2.24) is 20.9 Å². The highest BCUT2D eigenvalue weighted by molar-refractivity contribution is 5.99. The van der Waals surface area contributed by atoms with Gasteiger partial charge in [-0.1, -0.05) is 125 Å². The Morgan fingerprint density at radius 3 is 1.82 bits per heavy atom. The molecule has 0 aliphatic carbocycles. The van der Waals surface area contributed by atoms with Gasteiger partial charge in [-0.2, -0.15) is 0 Å². The van der Waals surface area contributed by atoms with E-state index in [2.05, 4.69) is 16.0 Å². The molecule has 0 radical (unpaired) electrons. The zero-order chi connectivity index (χ0) is 39.6. The van der Waals surface area contributed by atoms with Crippen LogP contribution in [0.3, 0.4) is 0 Å². The van der Waals surface area contributed by atoms with Gasteiger partial charge in [-0.15, -0.1) is 0 Å². The van der Waals surface area contributed by atoms with Crippen molar-refractivity contribution in [3.05, 3.63) is 143 Å². The van der Waals surface area contributed by atoms with Crippen LogP contribution in [0.4, 0.5) is 0 Å². The summed E-state index contributed by atoms with van der Waals surface area (Å²) >= 11 is 0. The number of benzene rings is 4. The molecule has 0 bridgehead atoms. The number of amides is 4. The molecule has 0 spiro atoms. The average molecular weight is 746 g/mol. The fraction of sp³-hybridized carbons (Fsp3) is 0.391. The zero-order valence-corrected chi connectivity index (χ0v) is 32.9. The third-order valence-electron chi connectivity index (χ3n) is 9.89. The molecular weight excluding hydrogens is 687 g/mol. The molecule has 292 valence electrons. The second kappa shape index (κ2) is 22.2. The molecule has 4 aromatic rings. The smallest absolute Gasteiger partial charge is 0.253 e. The highest BCUT2D eigenvalue weighted by Crippen LogP contribution is 2.20. The van der Waals surface area contributed by atoms with E-state index in [0.717, 1.165) is 29.5 Å². The molecule has 5 N–H and O–H groups in total. The second-order valence-electron chi connectivity index (χ2n) is 14.7. The number of nitrogens with two attached hydrogens (primary N) is 1. The van der Waals surface area contributed by atoms with Gasteiger partial charge in [0.05, 0.1) is 0 Å². The summed E-state index contributed by atoms with van der Waals surface area (Å²) in [6, 6.07) is 34.3. The molecule has 0 unspecified atom stereocenters. The van der Waals surface area contributed by atoms with Crippen LogP contribution in [0.1, 0.15) is 90.8 Å². The highest BCUT2D eigenvalue weighted by atomic mass is 16.2. The summed E-state index contributed by atoms with van der Waals surface area (Å²) in [5, 5.41) is 9.22. The minimum absolute atomic E-state index is 0.100. The van der Waals surface area contributed by atoms with Gasteiger partial charge in [0.15, 0.2) is 0 Å². The van der Waals surface area contributed by atoms with Crippen molar-refractivity contribution in [2.24, 2.45) is 17.6 Å². The topological polar surface area (TPSA) is 134 Å². The molecule has 4 atom stereocenters. The maximum atomic E-state index is 14.2. The Labute approximate surface area is 327 Å². The maximum Gasteiger partial charge on any atom is 0.253 e. The van der Waals surface area contributed by atoms with Crippen LogP contribution in [0.15, 0.2) is 115 Å². The predicted octanol–water partition coefficient (Wildman–Crippen LogP) is 6.71. The molecule has 55 heavy (non-hydrogen) atoms. The van der Waals surface area contributed by atoms with Gasteiger partial charge >= 0.3 is 0 Å². The fourth-order valence-electron chi connectivity index (χ4n) is 6.80. The Bertz CT molecular complexity index is 1780. The summed E-state index contributed by atoms with van der Waals surface area (Å²) < 4.78 is 0. The van der Waals surface area contributed by atoms with Gasteiger partial charge in [-0.05, 0) is 79.3 Å². The maximum absolute atomic E-state index is 14.2. The van der Waals surface area contributed by atoms with Crippen molar-refractivity contribution >= 4 is 23.6 Å². The molecule has 0 fully saturated rings. The zero-order valence-electron chi connectivity index (χ0n) is 32.9. The monoisotopic (exact) mass is 745 g/mol. The Morgan fingerprint density at radius 2 is 1.24 bits per heavy atom. The number of nitrogens with one attached hydrogen (secondary N) is 3. The van der Waals surface area contributed by atoms with Crippen molar-refractivity contribution in [2.45, 2.75) is 90.9 Å². The summed E-state index contributed by atoms with van der Waals surface area (Å²) in [6.45, 7) is 9.55. The summed E-state index contributed by atoms with van der Waals surface area (Å²) in [7, 11) is 0. The summed E-state index contributed by atoms with van der Waals surface area (Å²) in [5.41, 5.74) is 10.9. The largest absolute Gasteiger partial charge is 0.350 e. The standard InChI is InChI=1S/C46H59N5O4/c1-5-27-51(28-6-2)46(55)39-24-16-23-37(30-39)43(52)49-41(29-35-19-12-8-13-20-35)40(47)31-38(26-25-34-17-10-7-11-18-34)44(53)50-42(33(3)4)45(54)48-32-36-21-14-9-15-22-36/h7-24,30,33,38,40-42H,5-6,25-29,31-32,47H2,1-4H3,(H,48,54)(H,49,52)(H,50,53)/t38-,40+,41+,42+/m1/s1. The highest BCUT2D eigenvalue weighted by Gasteiger charge is 2.31. The fourth-order valence-corrected chi connectivity index (χ4v) is 6.80. The molecule has 4 rings (SSSR count). The van der Waals surface area contributed by atoms with Crippen molar-refractivity contribution in [1.29, 1.82) is 0 Å². The second-order valence-corrected chi connectivity index (χ2v) is 14.7. The first-order chi connectivity index (χ1) is 26.6. The molecule has 4 aromatic carbocycles. The van der Waals surface area contributed by atoms with Crippen LogP contribution in [0, 0.1) is 11.8 Å². The first-order valence-electron chi connectivity index (χ1n) is 19.7. The van der Waals surface area contributed by atoms with Crippen LogP contribution in [-0.2, 0) is 29.0 Å². The summed E-state index contributed by atoms with van der Waals surface area (Å²) in [5.74, 6) is -1.65. The summed E-state index contributed by atoms with van der Waals surface area (Å²) in [6.07, 6.45) is 3.54. The van der Waals surface area contributed by atoms with Gasteiger partial charge in [0.2, 0.25) is 11.8 Å². The summed E-state index contributed by atoms with van der Waals surface area (Å²) in [4.78, 5) is 56.8. The lowest BCUT2D eigenvalue weighted by atomic mass is 9.87. The Balaban J connectivity index is 1.56. The van der Waals surface area contributed by atoms with Gasteiger partial charge in [0.1, 0.15) is 6.04 Å². The normalized spacial score (nSPS) is 13.3. The predicted molar refractivity (Wildman–Crippen MR) is 220 cm³/mol. The minimum Gasteiger partial charge on any atom is -0.350 e. The Morgan fingerprint density at radius 1 is 0.673 bits per heavy atom. The van der Waals surface area contributed by atoms with Gasteiger partial charge in [0, 0.05) is 48.8 Å². The third kappa shape index (κ3) is 13.5. The number of hydrogen-bond acceptors (Lipinski definition) is 5. The minimum atomic E-state index is -0.743. The van der Waals surface area contributed by atoms with Crippen molar-refractivity contribution in [2.75, 3.05) is 13.1 Å². The molecule has 0 heterocycles. The lowest BCUT2D eigenvalue weighted by molar-refractivity contribution is -0.132. The average Bonchev–Trinajstić information content (AvgIpc) is 3.20. The molecule has 0 aliphatic rings. The quantitative estimate of drug-likeness (QED) is 0.0753. The van der Waals surface area contributed by atoms with E-state index < -0.39 is 24.0 Å². The van der Waals surface area contributed by atoms with Crippen LogP contribution >= 0.6 is 0 Å². The van der Waals surface area contributed by atoms with E-state index in [1.54, 1.807) is 24.3 Å². The van der Waals surface area contributed by atoms with Crippen LogP contribution < -0.4 is 21.7 Å². The number of hydrogen-bond donors (Lipinski definition) is 4. The first kappa shape index (κ1) is 42.5. The van der Waals surface area contributed by atoms with E-state index in [-0.39, 0.29) is 36.0 Å². The molecular formula is C46H59N5O4. The van der Waals surface area contributed by atoms with E-state index in [1.807, 2.05) is 124 Å². The first-order valence-corrected chi connectivity index (χ1v) is 19.7. The molecule has 0 saturated heterocycles. The number of carbonyl (C=O) groups is 4. The van der Waals surface area contributed by atoms with Crippen LogP contribution in [0.5, 0.6) is 0 Å².